The van der Waals surface area contributed by atoms with Crippen molar-refractivity contribution in [1.29, 1.82) is 0 Å². The molecule has 0 N–H and O–H groups in total. The number of aromatic nitrogens is 2. The van der Waals surface area contributed by atoms with Crippen LogP contribution in [0.25, 0.3) is 16.5 Å². The number of halogens is 1. The topological polar surface area (TPSA) is 47.4 Å². The maximum atomic E-state index is 12.1. The van der Waals surface area contributed by atoms with E-state index in [1.54, 1.807) is 4.90 Å². The third-order valence-corrected chi connectivity index (χ3v) is 4.83. The van der Waals surface area contributed by atoms with Crippen molar-refractivity contribution in [3.63, 3.8) is 0 Å². The van der Waals surface area contributed by atoms with Gasteiger partial charge >= 0.3 is 6.09 Å². The minimum Gasteiger partial charge on any atom is -0.444 e. The van der Waals surface area contributed by atoms with Crippen LogP contribution in [-0.4, -0.2) is 39.5 Å². The average Bonchev–Trinajstić information content (AvgIpc) is 2.80. The highest BCUT2D eigenvalue weighted by Crippen LogP contribution is 2.28. The third-order valence-electron chi connectivity index (χ3n) is 4.04. The number of aryl methyl sites for hydroxylation is 1. The molecule has 128 valence electrons. The maximum absolute atomic E-state index is 12.1. The summed E-state index contributed by atoms with van der Waals surface area (Å²) < 4.78 is 8.37. The molecular formula is C18H22IN3O2. The predicted molar refractivity (Wildman–Crippen MR) is 104 cm³/mol. The number of rotatable bonds is 1. The summed E-state index contributed by atoms with van der Waals surface area (Å²) in [5, 5.41) is 5.63. The summed E-state index contributed by atoms with van der Waals surface area (Å²) in [5.74, 6) is 0. The van der Waals surface area contributed by atoms with Gasteiger partial charge in [0.2, 0.25) is 0 Å². The lowest BCUT2D eigenvalue weighted by Gasteiger charge is -2.29. The Morgan fingerprint density at radius 2 is 2.08 bits per heavy atom. The Labute approximate surface area is 155 Å². The van der Waals surface area contributed by atoms with E-state index in [-0.39, 0.29) is 6.09 Å². The molecule has 0 saturated heterocycles. The molecule has 0 fully saturated rings. The first-order valence-electron chi connectivity index (χ1n) is 8.04. The van der Waals surface area contributed by atoms with Crippen LogP contribution in [0.3, 0.4) is 0 Å². The van der Waals surface area contributed by atoms with E-state index in [2.05, 4.69) is 52.0 Å². The second kappa shape index (κ2) is 6.38. The number of amides is 1. The van der Waals surface area contributed by atoms with E-state index >= 15 is 0 Å². The molecule has 0 atom stereocenters. The normalized spacial score (nSPS) is 15.5. The molecular weight excluding hydrogens is 417 g/mol. The maximum Gasteiger partial charge on any atom is 0.410 e. The monoisotopic (exact) mass is 439 g/mol. The molecule has 0 saturated carbocycles. The van der Waals surface area contributed by atoms with Crippen molar-refractivity contribution < 1.29 is 9.53 Å². The Hall–Kier alpha value is -1.57. The van der Waals surface area contributed by atoms with Gasteiger partial charge in [0.1, 0.15) is 9.30 Å². The molecule has 0 radical (unpaired) electrons. The number of nitrogens with zero attached hydrogens (tertiary/aromatic N) is 3. The van der Waals surface area contributed by atoms with Crippen LogP contribution in [0.15, 0.2) is 24.3 Å². The summed E-state index contributed by atoms with van der Waals surface area (Å²) in [5.41, 5.74) is 3.15. The Bertz CT molecular complexity index is 818. The lowest BCUT2D eigenvalue weighted by Crippen LogP contribution is -2.39. The summed E-state index contributed by atoms with van der Waals surface area (Å²) in [7, 11) is 1.97. The van der Waals surface area contributed by atoms with Crippen LogP contribution in [0.1, 0.15) is 32.8 Å². The fraction of sp³-hybridized carbons (Fsp3) is 0.444. The van der Waals surface area contributed by atoms with E-state index in [9.17, 15) is 4.79 Å². The molecule has 6 heteroatoms. The van der Waals surface area contributed by atoms with Crippen LogP contribution in [0.2, 0.25) is 0 Å². The van der Waals surface area contributed by atoms with Crippen molar-refractivity contribution in [2.75, 3.05) is 13.1 Å². The zero-order valence-corrected chi connectivity index (χ0v) is 16.6. The van der Waals surface area contributed by atoms with Crippen molar-refractivity contribution in [3.8, 4) is 0 Å². The summed E-state index contributed by atoms with van der Waals surface area (Å²) in [6.07, 6.45) is 2.71. The van der Waals surface area contributed by atoms with Gasteiger partial charge in [-0.05, 0) is 73.1 Å². The molecule has 1 aliphatic rings. The quantitative estimate of drug-likeness (QED) is 0.626. The number of benzene rings is 1. The third kappa shape index (κ3) is 3.58. The summed E-state index contributed by atoms with van der Waals surface area (Å²) in [4.78, 5) is 13.9. The number of fused-ring (bicyclic) bond motifs is 1. The largest absolute Gasteiger partial charge is 0.444 e. The number of ether oxygens (including phenoxy) is 1. The van der Waals surface area contributed by atoms with Crippen molar-refractivity contribution in [2.45, 2.75) is 32.8 Å². The highest BCUT2D eigenvalue weighted by atomic mass is 127. The van der Waals surface area contributed by atoms with Crippen LogP contribution < -0.4 is 0 Å². The molecule has 2 aromatic rings. The Morgan fingerprint density at radius 3 is 2.71 bits per heavy atom. The van der Waals surface area contributed by atoms with Crippen LogP contribution in [-0.2, 0) is 11.8 Å². The summed E-state index contributed by atoms with van der Waals surface area (Å²) >= 11 is 2.26. The lowest BCUT2D eigenvalue weighted by atomic mass is 9.99. The van der Waals surface area contributed by atoms with E-state index in [4.69, 9.17) is 4.74 Å². The molecule has 2 heterocycles. The summed E-state index contributed by atoms with van der Waals surface area (Å²) in [6.45, 7) is 6.94. The predicted octanol–water partition coefficient (Wildman–Crippen LogP) is 4.20. The molecule has 1 aromatic heterocycles. The highest BCUT2D eigenvalue weighted by Gasteiger charge is 2.24. The van der Waals surface area contributed by atoms with Gasteiger partial charge in [0, 0.05) is 25.5 Å². The van der Waals surface area contributed by atoms with Gasteiger partial charge in [-0.15, -0.1) is 0 Å². The molecule has 1 aliphatic heterocycles. The second-order valence-corrected chi connectivity index (χ2v) is 8.07. The van der Waals surface area contributed by atoms with Crippen molar-refractivity contribution in [1.82, 2.24) is 14.7 Å². The van der Waals surface area contributed by atoms with Gasteiger partial charge in [-0.2, -0.15) is 5.10 Å². The van der Waals surface area contributed by atoms with Gasteiger partial charge in [-0.1, -0.05) is 12.1 Å². The molecule has 0 bridgehead atoms. The van der Waals surface area contributed by atoms with Crippen LogP contribution >= 0.6 is 22.6 Å². The molecule has 1 amide bonds. The molecule has 24 heavy (non-hydrogen) atoms. The number of hydrogen-bond donors (Lipinski definition) is 0. The lowest BCUT2D eigenvalue weighted by molar-refractivity contribution is 0.0270. The van der Waals surface area contributed by atoms with Gasteiger partial charge in [0.25, 0.3) is 0 Å². The van der Waals surface area contributed by atoms with Gasteiger partial charge in [-0.25, -0.2) is 4.79 Å². The first-order valence-corrected chi connectivity index (χ1v) is 9.12. The zero-order valence-electron chi connectivity index (χ0n) is 14.5. The molecule has 0 aliphatic carbocycles. The van der Waals surface area contributed by atoms with Gasteiger partial charge in [0.05, 0.1) is 5.52 Å². The fourth-order valence-corrected chi connectivity index (χ4v) is 3.62. The van der Waals surface area contributed by atoms with Crippen molar-refractivity contribution in [3.05, 3.63) is 33.5 Å². The SMILES string of the molecule is Cn1nc(I)c2ccc(C3=CCN(C(=O)OC(C)(C)C)CC3)cc21. The van der Waals surface area contributed by atoms with Crippen LogP contribution in [0.5, 0.6) is 0 Å². The van der Waals surface area contributed by atoms with E-state index < -0.39 is 5.60 Å². The summed E-state index contributed by atoms with van der Waals surface area (Å²) in [6, 6.07) is 6.45. The van der Waals surface area contributed by atoms with Crippen LogP contribution in [0, 0.1) is 3.70 Å². The standard InChI is InChI=1S/C18H22IN3O2/c1-18(2,3)24-17(23)22-9-7-12(8-10-22)13-5-6-14-15(11-13)21(4)20-16(14)19/h5-7,11H,8-10H2,1-4H3. The zero-order chi connectivity index (χ0) is 17.5. The highest BCUT2D eigenvalue weighted by molar-refractivity contribution is 14.1. The number of carbonyl (C=O) groups excluding carboxylic acids is 1. The molecule has 5 nitrogen and oxygen atoms in total. The number of carbonyl (C=O) groups is 1. The molecule has 0 spiro atoms. The van der Waals surface area contributed by atoms with Gasteiger partial charge < -0.3 is 9.64 Å². The molecule has 0 unspecified atom stereocenters. The first-order chi connectivity index (χ1) is 11.2. The van der Waals surface area contributed by atoms with Gasteiger partial charge in [-0.3, -0.25) is 4.68 Å². The van der Waals surface area contributed by atoms with E-state index in [1.807, 2.05) is 32.5 Å². The molecule has 3 rings (SSSR count). The van der Waals surface area contributed by atoms with Crippen molar-refractivity contribution in [2.24, 2.45) is 7.05 Å². The smallest absolute Gasteiger partial charge is 0.410 e. The minimum absolute atomic E-state index is 0.241. The second-order valence-electron chi connectivity index (χ2n) is 7.05. The number of hydrogen-bond acceptors (Lipinski definition) is 3. The average molecular weight is 439 g/mol. The van der Waals surface area contributed by atoms with Crippen LogP contribution in [0.4, 0.5) is 4.79 Å². The van der Waals surface area contributed by atoms with E-state index in [0.717, 1.165) is 15.6 Å². The van der Waals surface area contributed by atoms with E-state index in [1.165, 1.54) is 16.5 Å². The Balaban J connectivity index is 1.78. The molecule has 1 aromatic carbocycles. The Morgan fingerprint density at radius 1 is 1.33 bits per heavy atom. The van der Waals surface area contributed by atoms with E-state index in [0.29, 0.717) is 13.1 Å². The first kappa shape index (κ1) is 17.3. The van der Waals surface area contributed by atoms with Crippen molar-refractivity contribution >= 4 is 45.2 Å². The Kier molecular flexibility index (Phi) is 4.59. The minimum atomic E-state index is -0.456. The fourth-order valence-electron chi connectivity index (χ4n) is 2.84. The van der Waals surface area contributed by atoms with Gasteiger partial charge in [0.15, 0.2) is 0 Å².